The Hall–Kier alpha value is -0.560. The van der Waals surface area contributed by atoms with E-state index in [9.17, 15) is 0 Å². The predicted molar refractivity (Wildman–Crippen MR) is 53.9 cm³/mol. The molecule has 1 aliphatic carbocycles. The van der Waals surface area contributed by atoms with Gasteiger partial charge in [0.1, 0.15) is 0 Å². The van der Waals surface area contributed by atoms with Gasteiger partial charge in [-0.2, -0.15) is 0 Å². The molecule has 1 nitrogen and oxygen atoms in total. The maximum absolute atomic E-state index is 6.19. The van der Waals surface area contributed by atoms with E-state index in [0.29, 0.717) is 0 Å². The van der Waals surface area contributed by atoms with Crippen LogP contribution in [0.15, 0.2) is 23.8 Å². The molecule has 2 N–H and O–H groups in total. The SMILES string of the molecule is CC(C)(C)C1=CC=CCC1(C)N. The van der Waals surface area contributed by atoms with Gasteiger partial charge in [-0.3, -0.25) is 0 Å². The quantitative estimate of drug-likeness (QED) is 0.586. The van der Waals surface area contributed by atoms with Crippen LogP contribution in [0.3, 0.4) is 0 Å². The van der Waals surface area contributed by atoms with Gasteiger partial charge < -0.3 is 5.73 Å². The molecule has 1 heteroatoms. The highest BCUT2D eigenvalue weighted by Crippen LogP contribution is 2.36. The average Bonchev–Trinajstić information content (AvgIpc) is 1.83. The van der Waals surface area contributed by atoms with Gasteiger partial charge in [0.25, 0.3) is 0 Å². The van der Waals surface area contributed by atoms with E-state index in [1.165, 1.54) is 5.57 Å². The van der Waals surface area contributed by atoms with Crippen molar-refractivity contribution in [3.63, 3.8) is 0 Å². The Morgan fingerprint density at radius 3 is 2.33 bits per heavy atom. The first kappa shape index (κ1) is 9.53. The summed E-state index contributed by atoms with van der Waals surface area (Å²) in [5.41, 5.74) is 7.58. The van der Waals surface area contributed by atoms with E-state index in [2.05, 4.69) is 45.9 Å². The fraction of sp³-hybridized carbons (Fsp3) is 0.636. The molecule has 0 aromatic heterocycles. The second kappa shape index (κ2) is 2.74. The lowest BCUT2D eigenvalue weighted by Gasteiger charge is -2.37. The first-order valence-corrected chi connectivity index (χ1v) is 4.51. The minimum absolute atomic E-state index is 0.146. The van der Waals surface area contributed by atoms with Crippen molar-refractivity contribution in [2.24, 2.45) is 11.1 Å². The molecule has 12 heavy (non-hydrogen) atoms. The molecule has 1 unspecified atom stereocenters. The van der Waals surface area contributed by atoms with Gasteiger partial charge in [0, 0.05) is 5.54 Å². The van der Waals surface area contributed by atoms with Gasteiger partial charge in [-0.1, -0.05) is 39.0 Å². The van der Waals surface area contributed by atoms with Gasteiger partial charge in [0.05, 0.1) is 0 Å². The predicted octanol–water partition coefficient (Wildman–Crippen LogP) is 2.64. The Morgan fingerprint density at radius 1 is 1.42 bits per heavy atom. The van der Waals surface area contributed by atoms with E-state index in [1.807, 2.05) is 0 Å². The van der Waals surface area contributed by atoms with Crippen LogP contribution < -0.4 is 5.73 Å². The monoisotopic (exact) mass is 165 g/mol. The van der Waals surface area contributed by atoms with E-state index in [-0.39, 0.29) is 11.0 Å². The molecule has 0 aliphatic heterocycles. The summed E-state index contributed by atoms with van der Waals surface area (Å²) in [6, 6.07) is 0. The number of allylic oxidation sites excluding steroid dienone is 2. The molecule has 0 saturated heterocycles. The van der Waals surface area contributed by atoms with Crippen LogP contribution in [0.4, 0.5) is 0 Å². The molecular weight excluding hydrogens is 146 g/mol. The van der Waals surface area contributed by atoms with Crippen LogP contribution in [0.2, 0.25) is 0 Å². The van der Waals surface area contributed by atoms with Crippen molar-refractivity contribution in [2.45, 2.75) is 39.7 Å². The molecule has 1 rings (SSSR count). The Kier molecular flexibility index (Phi) is 2.17. The van der Waals surface area contributed by atoms with Crippen LogP contribution in [0, 0.1) is 5.41 Å². The van der Waals surface area contributed by atoms with Gasteiger partial charge in [0.2, 0.25) is 0 Å². The third kappa shape index (κ3) is 1.78. The van der Waals surface area contributed by atoms with E-state index in [0.717, 1.165) is 6.42 Å². The van der Waals surface area contributed by atoms with Crippen molar-refractivity contribution in [3.05, 3.63) is 23.8 Å². The summed E-state index contributed by atoms with van der Waals surface area (Å²) in [7, 11) is 0. The summed E-state index contributed by atoms with van der Waals surface area (Å²) in [4.78, 5) is 0. The molecule has 0 bridgehead atoms. The van der Waals surface area contributed by atoms with Crippen LogP contribution >= 0.6 is 0 Å². The number of hydrogen-bond acceptors (Lipinski definition) is 1. The van der Waals surface area contributed by atoms with Crippen molar-refractivity contribution in [2.75, 3.05) is 0 Å². The highest BCUT2D eigenvalue weighted by atomic mass is 14.7. The maximum Gasteiger partial charge on any atom is 0.0383 e. The topological polar surface area (TPSA) is 26.0 Å². The molecule has 0 heterocycles. The van der Waals surface area contributed by atoms with Crippen LogP contribution in [-0.4, -0.2) is 5.54 Å². The van der Waals surface area contributed by atoms with Gasteiger partial charge >= 0.3 is 0 Å². The first-order valence-electron chi connectivity index (χ1n) is 4.51. The van der Waals surface area contributed by atoms with E-state index in [1.54, 1.807) is 0 Å². The molecule has 0 spiro atoms. The van der Waals surface area contributed by atoms with Gasteiger partial charge in [0.15, 0.2) is 0 Å². The van der Waals surface area contributed by atoms with Crippen molar-refractivity contribution in [1.29, 1.82) is 0 Å². The van der Waals surface area contributed by atoms with Crippen molar-refractivity contribution in [1.82, 2.24) is 0 Å². The molecule has 0 aromatic rings. The lowest BCUT2D eigenvalue weighted by Crippen LogP contribution is -2.43. The number of hydrogen-bond donors (Lipinski definition) is 1. The van der Waals surface area contributed by atoms with Crippen molar-refractivity contribution < 1.29 is 0 Å². The highest BCUT2D eigenvalue weighted by molar-refractivity contribution is 5.32. The lowest BCUT2D eigenvalue weighted by atomic mass is 9.72. The molecule has 68 valence electrons. The molecule has 1 atom stereocenters. The third-order valence-electron chi connectivity index (χ3n) is 2.36. The Labute approximate surface area is 75.3 Å². The van der Waals surface area contributed by atoms with Crippen molar-refractivity contribution >= 4 is 0 Å². The molecule has 0 saturated carbocycles. The molecule has 0 fully saturated rings. The van der Waals surface area contributed by atoms with E-state index in [4.69, 9.17) is 5.73 Å². The summed E-state index contributed by atoms with van der Waals surface area (Å²) in [6.07, 6.45) is 7.35. The fourth-order valence-electron chi connectivity index (χ4n) is 1.88. The minimum atomic E-state index is -0.146. The molecule has 1 aliphatic rings. The summed E-state index contributed by atoms with van der Waals surface area (Å²) in [5, 5.41) is 0. The summed E-state index contributed by atoms with van der Waals surface area (Å²) < 4.78 is 0. The first-order chi connectivity index (χ1) is 5.34. The fourth-order valence-corrected chi connectivity index (χ4v) is 1.88. The van der Waals surface area contributed by atoms with Gasteiger partial charge in [-0.15, -0.1) is 0 Å². The Balaban J connectivity index is 3.01. The molecular formula is C11H19N. The van der Waals surface area contributed by atoms with Crippen LogP contribution in [0.25, 0.3) is 0 Å². The van der Waals surface area contributed by atoms with E-state index >= 15 is 0 Å². The zero-order chi connectivity index (χ0) is 9.41. The highest BCUT2D eigenvalue weighted by Gasteiger charge is 2.31. The average molecular weight is 165 g/mol. The largest absolute Gasteiger partial charge is 0.322 e. The Morgan fingerprint density at radius 2 is 2.00 bits per heavy atom. The second-order valence-electron chi connectivity index (χ2n) is 4.88. The smallest absolute Gasteiger partial charge is 0.0383 e. The number of nitrogens with two attached hydrogens (primary N) is 1. The second-order valence-corrected chi connectivity index (χ2v) is 4.88. The zero-order valence-corrected chi connectivity index (χ0v) is 8.52. The van der Waals surface area contributed by atoms with Gasteiger partial charge in [-0.05, 0) is 24.3 Å². The van der Waals surface area contributed by atoms with Crippen LogP contribution in [0.1, 0.15) is 34.1 Å². The summed E-state index contributed by atoms with van der Waals surface area (Å²) >= 11 is 0. The molecule has 0 amide bonds. The standard InChI is InChI=1S/C11H19N/c1-10(2,3)9-7-5-6-8-11(9,4)12/h5-7H,8,12H2,1-4H3. The zero-order valence-electron chi connectivity index (χ0n) is 8.52. The maximum atomic E-state index is 6.19. The van der Waals surface area contributed by atoms with E-state index < -0.39 is 0 Å². The number of rotatable bonds is 0. The van der Waals surface area contributed by atoms with Crippen molar-refractivity contribution in [3.8, 4) is 0 Å². The van der Waals surface area contributed by atoms with Crippen LogP contribution in [0.5, 0.6) is 0 Å². The normalized spacial score (nSPS) is 30.2. The summed E-state index contributed by atoms with van der Waals surface area (Å²) in [5.74, 6) is 0. The third-order valence-corrected chi connectivity index (χ3v) is 2.36. The Bertz CT molecular complexity index is 226. The lowest BCUT2D eigenvalue weighted by molar-refractivity contribution is 0.393. The molecule has 0 aromatic carbocycles. The van der Waals surface area contributed by atoms with Gasteiger partial charge in [-0.25, -0.2) is 0 Å². The minimum Gasteiger partial charge on any atom is -0.322 e. The summed E-state index contributed by atoms with van der Waals surface area (Å²) in [6.45, 7) is 8.74. The van der Waals surface area contributed by atoms with Crippen LogP contribution in [-0.2, 0) is 0 Å². The molecule has 0 radical (unpaired) electrons.